The highest BCUT2D eigenvalue weighted by Gasteiger charge is 2.22. The van der Waals surface area contributed by atoms with E-state index in [0.717, 1.165) is 28.7 Å². The molecular formula is C28H31NO5S. The van der Waals surface area contributed by atoms with Gasteiger partial charge in [-0.05, 0) is 67.7 Å². The molecule has 1 amide bonds. The van der Waals surface area contributed by atoms with Gasteiger partial charge in [-0.15, -0.1) is 11.3 Å². The number of carbonyl (C=O) groups excluding carboxylic acids is 2. The highest BCUT2D eigenvalue weighted by Crippen LogP contribution is 2.37. The van der Waals surface area contributed by atoms with Crippen molar-refractivity contribution in [3.63, 3.8) is 0 Å². The van der Waals surface area contributed by atoms with E-state index in [4.69, 9.17) is 14.2 Å². The number of thiophene rings is 1. The van der Waals surface area contributed by atoms with Crippen LogP contribution in [0.1, 0.15) is 47.3 Å². The first-order valence-electron chi connectivity index (χ1n) is 11.5. The van der Waals surface area contributed by atoms with E-state index in [-0.39, 0.29) is 12.5 Å². The molecule has 0 aliphatic rings. The maximum absolute atomic E-state index is 12.8. The Bertz CT molecular complexity index is 1230. The van der Waals surface area contributed by atoms with Crippen molar-refractivity contribution in [1.29, 1.82) is 0 Å². The number of benzene rings is 2. The number of amides is 1. The van der Waals surface area contributed by atoms with Crippen LogP contribution in [0.2, 0.25) is 0 Å². The van der Waals surface area contributed by atoms with Crippen LogP contribution >= 0.6 is 11.3 Å². The standard InChI is InChI=1S/C28H31NO5S/c1-6-14-34-23-12-9-20(16-24(23)32-5)10-13-25(30)29-27-26(28(31)33-7-2)22(17-35-27)21-11-8-18(3)19(4)15-21/h8-13,15-17H,6-7,14H2,1-5H3,(H,29,30)/b13-10+. The molecule has 0 atom stereocenters. The summed E-state index contributed by atoms with van der Waals surface area (Å²) in [5.74, 6) is 0.442. The average Bonchev–Trinajstić information content (AvgIpc) is 3.26. The Morgan fingerprint density at radius 2 is 1.83 bits per heavy atom. The summed E-state index contributed by atoms with van der Waals surface area (Å²) in [6.45, 7) is 8.70. The molecule has 0 unspecified atom stereocenters. The molecule has 0 radical (unpaired) electrons. The summed E-state index contributed by atoms with van der Waals surface area (Å²) < 4.78 is 16.4. The largest absolute Gasteiger partial charge is 0.493 e. The molecule has 0 aliphatic heterocycles. The van der Waals surface area contributed by atoms with E-state index in [2.05, 4.69) is 5.32 Å². The van der Waals surface area contributed by atoms with Gasteiger partial charge in [0, 0.05) is 17.0 Å². The Kier molecular flexibility index (Phi) is 9.09. The first-order valence-corrected chi connectivity index (χ1v) is 12.4. The zero-order valence-corrected chi connectivity index (χ0v) is 21.6. The fraction of sp³-hybridized carbons (Fsp3) is 0.286. The molecule has 6 nitrogen and oxygen atoms in total. The Hall–Kier alpha value is -3.58. The van der Waals surface area contributed by atoms with Crippen molar-refractivity contribution in [1.82, 2.24) is 0 Å². The number of aryl methyl sites for hydroxylation is 2. The van der Waals surface area contributed by atoms with Crippen LogP contribution in [-0.2, 0) is 9.53 Å². The molecular weight excluding hydrogens is 462 g/mol. The van der Waals surface area contributed by atoms with Gasteiger partial charge in [-0.25, -0.2) is 4.79 Å². The van der Waals surface area contributed by atoms with Crippen LogP contribution in [0.3, 0.4) is 0 Å². The smallest absolute Gasteiger partial charge is 0.341 e. The molecule has 0 aliphatic carbocycles. The topological polar surface area (TPSA) is 73.9 Å². The molecule has 0 bridgehead atoms. The van der Waals surface area contributed by atoms with E-state index in [1.807, 2.05) is 62.5 Å². The fourth-order valence-corrected chi connectivity index (χ4v) is 4.38. The minimum atomic E-state index is -0.464. The van der Waals surface area contributed by atoms with Crippen molar-refractivity contribution >= 4 is 34.3 Å². The minimum Gasteiger partial charge on any atom is -0.493 e. The normalized spacial score (nSPS) is 10.9. The van der Waals surface area contributed by atoms with E-state index in [1.54, 1.807) is 20.1 Å². The maximum Gasteiger partial charge on any atom is 0.341 e. The van der Waals surface area contributed by atoms with Gasteiger partial charge in [0.25, 0.3) is 0 Å². The van der Waals surface area contributed by atoms with Crippen LogP contribution in [0.5, 0.6) is 11.5 Å². The fourth-order valence-electron chi connectivity index (χ4n) is 3.42. The molecule has 2 aromatic carbocycles. The van der Waals surface area contributed by atoms with Crippen LogP contribution in [0.4, 0.5) is 5.00 Å². The first-order chi connectivity index (χ1) is 16.9. The van der Waals surface area contributed by atoms with Gasteiger partial charge in [-0.1, -0.05) is 31.2 Å². The lowest BCUT2D eigenvalue weighted by molar-refractivity contribution is -0.111. The second-order valence-electron chi connectivity index (χ2n) is 7.95. The van der Waals surface area contributed by atoms with E-state index in [1.165, 1.54) is 23.0 Å². The van der Waals surface area contributed by atoms with E-state index in [9.17, 15) is 9.59 Å². The lowest BCUT2D eigenvalue weighted by Gasteiger charge is -2.10. The van der Waals surface area contributed by atoms with Gasteiger partial charge in [-0.3, -0.25) is 4.79 Å². The molecule has 1 N–H and O–H groups in total. The van der Waals surface area contributed by atoms with Gasteiger partial charge in [0.15, 0.2) is 11.5 Å². The zero-order chi connectivity index (χ0) is 25.4. The van der Waals surface area contributed by atoms with Gasteiger partial charge in [0.05, 0.1) is 20.3 Å². The Morgan fingerprint density at radius 1 is 1.03 bits per heavy atom. The summed E-state index contributed by atoms with van der Waals surface area (Å²) in [6.07, 6.45) is 4.00. The molecule has 35 heavy (non-hydrogen) atoms. The molecule has 184 valence electrons. The number of nitrogens with one attached hydrogen (secondary N) is 1. The number of methoxy groups -OCH3 is 1. The highest BCUT2D eigenvalue weighted by molar-refractivity contribution is 7.15. The number of carbonyl (C=O) groups is 2. The predicted octanol–water partition coefficient (Wildman–Crippen LogP) is 6.66. The maximum atomic E-state index is 12.8. The van der Waals surface area contributed by atoms with Crippen molar-refractivity contribution in [2.45, 2.75) is 34.1 Å². The molecule has 0 saturated heterocycles. The van der Waals surface area contributed by atoms with Crippen LogP contribution in [-0.4, -0.2) is 32.2 Å². The summed E-state index contributed by atoms with van der Waals surface area (Å²) >= 11 is 1.30. The number of anilines is 1. The quantitative estimate of drug-likeness (QED) is 0.253. The van der Waals surface area contributed by atoms with E-state index >= 15 is 0 Å². The monoisotopic (exact) mass is 493 g/mol. The second-order valence-corrected chi connectivity index (χ2v) is 8.83. The van der Waals surface area contributed by atoms with E-state index in [0.29, 0.717) is 28.7 Å². The van der Waals surface area contributed by atoms with Gasteiger partial charge >= 0.3 is 5.97 Å². The average molecular weight is 494 g/mol. The van der Waals surface area contributed by atoms with Gasteiger partial charge in [-0.2, -0.15) is 0 Å². The van der Waals surface area contributed by atoms with Gasteiger partial charge in [0.1, 0.15) is 10.6 Å². The number of esters is 1. The van der Waals surface area contributed by atoms with Crippen molar-refractivity contribution in [2.75, 3.05) is 25.6 Å². The number of hydrogen-bond acceptors (Lipinski definition) is 6. The highest BCUT2D eigenvalue weighted by atomic mass is 32.1. The molecule has 0 spiro atoms. The third-order valence-corrected chi connectivity index (χ3v) is 6.30. The summed E-state index contributed by atoms with van der Waals surface area (Å²) in [6, 6.07) is 11.5. The van der Waals surface area contributed by atoms with E-state index < -0.39 is 5.97 Å². The van der Waals surface area contributed by atoms with Crippen molar-refractivity contribution in [3.8, 4) is 22.6 Å². The molecule has 3 rings (SSSR count). The molecule has 7 heteroatoms. The lowest BCUT2D eigenvalue weighted by atomic mass is 9.99. The molecule has 0 saturated carbocycles. The van der Waals surface area contributed by atoms with Crippen LogP contribution in [0.25, 0.3) is 17.2 Å². The summed E-state index contributed by atoms with van der Waals surface area (Å²) in [4.78, 5) is 25.5. The Labute approximate surface area is 210 Å². The van der Waals surface area contributed by atoms with Crippen molar-refractivity contribution < 1.29 is 23.8 Å². The van der Waals surface area contributed by atoms with Crippen LogP contribution < -0.4 is 14.8 Å². The Balaban J connectivity index is 1.83. The zero-order valence-electron chi connectivity index (χ0n) is 20.8. The van der Waals surface area contributed by atoms with Crippen LogP contribution in [0, 0.1) is 13.8 Å². The molecule has 0 fully saturated rings. The SMILES string of the molecule is CCCOc1ccc(/C=C/C(=O)Nc2scc(-c3ccc(C)c(C)c3)c2C(=O)OCC)cc1OC. The van der Waals surface area contributed by atoms with Gasteiger partial charge < -0.3 is 19.5 Å². The summed E-state index contributed by atoms with van der Waals surface area (Å²) in [7, 11) is 1.58. The number of hydrogen-bond donors (Lipinski definition) is 1. The summed E-state index contributed by atoms with van der Waals surface area (Å²) in [5.41, 5.74) is 5.08. The second kappa shape index (κ2) is 12.2. The Morgan fingerprint density at radius 3 is 2.51 bits per heavy atom. The number of ether oxygens (including phenoxy) is 3. The summed E-state index contributed by atoms with van der Waals surface area (Å²) in [5, 5.41) is 5.16. The lowest BCUT2D eigenvalue weighted by Crippen LogP contribution is -2.12. The van der Waals surface area contributed by atoms with Crippen molar-refractivity contribution in [2.24, 2.45) is 0 Å². The third-order valence-electron chi connectivity index (χ3n) is 5.40. The third kappa shape index (κ3) is 6.51. The van der Waals surface area contributed by atoms with Gasteiger partial charge in [0.2, 0.25) is 5.91 Å². The van der Waals surface area contributed by atoms with Crippen molar-refractivity contribution in [3.05, 3.63) is 70.1 Å². The molecule has 1 aromatic heterocycles. The van der Waals surface area contributed by atoms with Crippen LogP contribution in [0.15, 0.2) is 47.9 Å². The molecule has 1 heterocycles. The molecule has 3 aromatic rings. The predicted molar refractivity (Wildman–Crippen MR) is 142 cm³/mol. The first kappa shape index (κ1) is 26.0. The minimum absolute atomic E-state index is 0.244. The number of rotatable bonds is 10.